The minimum Gasteiger partial charge on any atom is -0.337 e. The number of thiazole rings is 1. The molecule has 1 saturated heterocycles. The highest BCUT2D eigenvalue weighted by atomic mass is 35.5. The molecule has 0 aliphatic carbocycles. The normalized spacial score (nSPS) is 15.6. The van der Waals surface area contributed by atoms with Crippen molar-refractivity contribution in [1.82, 2.24) is 20.1 Å². The number of hydrogen-bond acceptors (Lipinski definition) is 5. The van der Waals surface area contributed by atoms with Gasteiger partial charge in [-0.05, 0) is 37.1 Å². The zero-order valence-corrected chi connectivity index (χ0v) is 14.8. The number of nitrogens with one attached hydrogen (secondary N) is 1. The predicted molar refractivity (Wildman–Crippen MR) is 97.4 cm³/mol. The van der Waals surface area contributed by atoms with Gasteiger partial charge in [-0.1, -0.05) is 11.6 Å². The Morgan fingerprint density at radius 1 is 1.24 bits per heavy atom. The molecule has 0 unspecified atom stereocenters. The summed E-state index contributed by atoms with van der Waals surface area (Å²) in [7, 11) is 0. The Kier molecular flexibility index (Phi) is 4.27. The summed E-state index contributed by atoms with van der Waals surface area (Å²) in [6.45, 7) is 1.31. The van der Waals surface area contributed by atoms with E-state index in [4.69, 9.17) is 16.6 Å². The number of likely N-dealkylation sites (tertiary alicyclic amines) is 1. The van der Waals surface area contributed by atoms with Crippen LogP contribution in [0.5, 0.6) is 0 Å². The van der Waals surface area contributed by atoms with Gasteiger partial charge in [0.1, 0.15) is 5.69 Å². The number of carbonyl (C=O) groups excluding carboxylic acids is 1. The van der Waals surface area contributed by atoms with Crippen LogP contribution in [0.2, 0.25) is 5.02 Å². The molecule has 3 heterocycles. The summed E-state index contributed by atoms with van der Waals surface area (Å²) in [6, 6.07) is 8.55. The number of hydrogen-bond donors (Lipinski definition) is 1. The number of benzene rings is 1. The lowest BCUT2D eigenvalue weighted by molar-refractivity contribution is 0.0705. The van der Waals surface area contributed by atoms with Gasteiger partial charge in [0.05, 0.1) is 15.2 Å². The molecule has 0 bridgehead atoms. The molecule has 1 N–H and O–H groups in total. The molecule has 128 valence electrons. The van der Waals surface area contributed by atoms with Crippen molar-refractivity contribution in [3.05, 3.63) is 56.4 Å². The molecule has 0 radical (unpaired) electrons. The van der Waals surface area contributed by atoms with Crippen LogP contribution in [-0.4, -0.2) is 39.1 Å². The first-order valence-corrected chi connectivity index (χ1v) is 9.20. The third-order valence-corrected chi connectivity index (χ3v) is 5.83. The second kappa shape index (κ2) is 6.57. The average molecular weight is 375 g/mol. The number of amides is 1. The summed E-state index contributed by atoms with van der Waals surface area (Å²) >= 11 is 7.72. The Morgan fingerprint density at radius 2 is 2.04 bits per heavy atom. The zero-order valence-electron chi connectivity index (χ0n) is 13.2. The smallest absolute Gasteiger partial charge is 0.274 e. The largest absolute Gasteiger partial charge is 0.337 e. The standard InChI is InChI=1S/C17H15ClN4O2S/c18-11-1-3-14-13(9-11)19-16(25-14)10-5-7-22(8-6-10)17(24)12-2-4-15(23)21-20-12/h1-4,9-10H,5-8H2,(H,21,23). The van der Waals surface area contributed by atoms with Crippen molar-refractivity contribution in [2.24, 2.45) is 0 Å². The fraction of sp³-hybridized carbons (Fsp3) is 0.294. The number of fused-ring (bicyclic) bond motifs is 1. The quantitative estimate of drug-likeness (QED) is 0.747. The fourth-order valence-electron chi connectivity index (χ4n) is 3.05. The van der Waals surface area contributed by atoms with E-state index in [2.05, 4.69) is 10.2 Å². The first-order chi connectivity index (χ1) is 12.1. The van der Waals surface area contributed by atoms with E-state index < -0.39 is 0 Å². The van der Waals surface area contributed by atoms with Crippen LogP contribution in [-0.2, 0) is 0 Å². The molecular formula is C17H15ClN4O2S. The Morgan fingerprint density at radius 3 is 2.76 bits per heavy atom. The van der Waals surface area contributed by atoms with Crippen LogP contribution in [0.4, 0.5) is 0 Å². The van der Waals surface area contributed by atoms with E-state index >= 15 is 0 Å². The fourth-order valence-corrected chi connectivity index (χ4v) is 4.33. The van der Waals surface area contributed by atoms with Gasteiger partial charge in [0.15, 0.2) is 0 Å². The van der Waals surface area contributed by atoms with Gasteiger partial charge in [-0.25, -0.2) is 10.1 Å². The van der Waals surface area contributed by atoms with Crippen LogP contribution in [0.3, 0.4) is 0 Å². The zero-order chi connectivity index (χ0) is 17.4. The molecular weight excluding hydrogens is 360 g/mol. The Balaban J connectivity index is 1.46. The molecule has 1 amide bonds. The van der Waals surface area contributed by atoms with Crippen LogP contribution in [0, 0.1) is 0 Å². The lowest BCUT2D eigenvalue weighted by Gasteiger charge is -2.30. The van der Waals surface area contributed by atoms with E-state index in [9.17, 15) is 9.59 Å². The number of H-pyrrole nitrogens is 1. The maximum atomic E-state index is 12.4. The maximum Gasteiger partial charge on any atom is 0.274 e. The lowest BCUT2D eigenvalue weighted by atomic mass is 9.97. The van der Waals surface area contributed by atoms with Crippen molar-refractivity contribution in [2.75, 3.05) is 13.1 Å². The summed E-state index contributed by atoms with van der Waals surface area (Å²) in [4.78, 5) is 30.0. The summed E-state index contributed by atoms with van der Waals surface area (Å²) < 4.78 is 1.13. The van der Waals surface area contributed by atoms with Gasteiger partial charge < -0.3 is 4.90 Å². The highest BCUT2D eigenvalue weighted by Gasteiger charge is 2.27. The molecule has 8 heteroatoms. The molecule has 6 nitrogen and oxygen atoms in total. The highest BCUT2D eigenvalue weighted by Crippen LogP contribution is 2.34. The Labute approximate surface area is 152 Å². The van der Waals surface area contributed by atoms with Crippen molar-refractivity contribution >= 4 is 39.1 Å². The van der Waals surface area contributed by atoms with E-state index in [1.807, 2.05) is 18.2 Å². The summed E-state index contributed by atoms with van der Waals surface area (Å²) in [5, 5.41) is 7.91. The Hall–Kier alpha value is -2.25. The van der Waals surface area contributed by atoms with E-state index in [-0.39, 0.29) is 17.2 Å². The molecule has 1 aliphatic heterocycles. The van der Waals surface area contributed by atoms with E-state index in [1.54, 1.807) is 16.2 Å². The minimum absolute atomic E-state index is 0.147. The topological polar surface area (TPSA) is 79.0 Å². The van der Waals surface area contributed by atoms with Crippen LogP contribution >= 0.6 is 22.9 Å². The molecule has 0 saturated carbocycles. The number of carbonyl (C=O) groups is 1. The lowest BCUT2D eigenvalue weighted by Crippen LogP contribution is -2.38. The van der Waals surface area contributed by atoms with E-state index in [0.717, 1.165) is 28.1 Å². The second-order valence-corrected chi connectivity index (χ2v) is 7.54. The van der Waals surface area contributed by atoms with E-state index in [0.29, 0.717) is 24.0 Å². The van der Waals surface area contributed by atoms with Gasteiger partial charge in [-0.3, -0.25) is 9.59 Å². The molecule has 1 aliphatic rings. The maximum absolute atomic E-state index is 12.4. The van der Waals surface area contributed by atoms with Crippen LogP contribution in [0.25, 0.3) is 10.2 Å². The first kappa shape index (κ1) is 16.2. The van der Waals surface area contributed by atoms with Crippen LogP contribution < -0.4 is 5.56 Å². The van der Waals surface area contributed by atoms with Gasteiger partial charge in [0, 0.05) is 30.1 Å². The van der Waals surface area contributed by atoms with Gasteiger partial charge in [0.25, 0.3) is 11.5 Å². The monoisotopic (exact) mass is 374 g/mol. The van der Waals surface area contributed by atoms with Crippen LogP contribution in [0.1, 0.15) is 34.3 Å². The average Bonchev–Trinajstić information content (AvgIpc) is 3.05. The van der Waals surface area contributed by atoms with E-state index in [1.165, 1.54) is 12.1 Å². The summed E-state index contributed by atoms with van der Waals surface area (Å²) in [6.07, 6.45) is 1.73. The second-order valence-electron chi connectivity index (χ2n) is 6.04. The third kappa shape index (κ3) is 3.29. The van der Waals surface area contributed by atoms with Crippen molar-refractivity contribution in [2.45, 2.75) is 18.8 Å². The molecule has 2 aromatic heterocycles. The SMILES string of the molecule is O=C(c1ccc(=O)[nH]n1)N1CCC(c2nc3cc(Cl)ccc3s2)CC1. The Bertz CT molecular complexity index is 971. The highest BCUT2D eigenvalue weighted by molar-refractivity contribution is 7.18. The minimum atomic E-state index is -0.314. The molecule has 3 aromatic rings. The van der Waals surface area contributed by atoms with Crippen molar-refractivity contribution in [3.63, 3.8) is 0 Å². The number of rotatable bonds is 2. The number of nitrogens with zero attached hydrogens (tertiary/aromatic N) is 3. The molecule has 1 aromatic carbocycles. The van der Waals surface area contributed by atoms with Gasteiger partial charge in [0.2, 0.25) is 0 Å². The predicted octanol–water partition coefficient (Wildman–Crippen LogP) is 3.05. The number of piperidine rings is 1. The van der Waals surface area contributed by atoms with Gasteiger partial charge >= 0.3 is 0 Å². The van der Waals surface area contributed by atoms with Gasteiger partial charge in [-0.2, -0.15) is 5.10 Å². The van der Waals surface area contributed by atoms with Crippen molar-refractivity contribution < 1.29 is 4.79 Å². The molecule has 0 atom stereocenters. The summed E-state index contributed by atoms with van der Waals surface area (Å²) in [5.74, 6) is 0.203. The third-order valence-electron chi connectivity index (χ3n) is 4.40. The first-order valence-electron chi connectivity index (χ1n) is 8.01. The molecule has 1 fully saturated rings. The molecule has 0 spiro atoms. The van der Waals surface area contributed by atoms with Crippen molar-refractivity contribution in [3.8, 4) is 0 Å². The van der Waals surface area contributed by atoms with Gasteiger partial charge in [-0.15, -0.1) is 11.3 Å². The summed E-state index contributed by atoms with van der Waals surface area (Å²) in [5.41, 5.74) is 0.891. The number of aromatic amines is 1. The number of aromatic nitrogens is 3. The number of halogens is 1. The molecule has 4 rings (SSSR count). The van der Waals surface area contributed by atoms with Crippen molar-refractivity contribution in [1.29, 1.82) is 0 Å². The molecule has 25 heavy (non-hydrogen) atoms. The van der Waals surface area contributed by atoms with Crippen LogP contribution in [0.15, 0.2) is 35.1 Å².